The minimum atomic E-state index is -0.785. The summed E-state index contributed by atoms with van der Waals surface area (Å²) in [5, 5.41) is 20.1. The third-order valence-corrected chi connectivity index (χ3v) is 4.36. The smallest absolute Gasteiger partial charge is 0.290 e. The van der Waals surface area contributed by atoms with E-state index < -0.39 is 23.1 Å². The highest BCUT2D eigenvalue weighted by atomic mass is 35.5. The standard InChI is InChI=1S/C18H22ClNO5/c1-18(2,3)16(23)13-14(10-5-6-12(21)11(19)9-10)20(7-8-25-4)17(24)15(13)22/h5-6,9,14,21-22H,7-8H2,1-4H3. The first kappa shape index (κ1) is 19.3. The molecule has 1 aliphatic heterocycles. The van der Waals surface area contributed by atoms with Gasteiger partial charge in [0.05, 0.1) is 23.2 Å². The van der Waals surface area contributed by atoms with Crippen LogP contribution in [-0.2, 0) is 14.3 Å². The molecule has 7 heteroatoms. The molecule has 1 unspecified atom stereocenters. The van der Waals surface area contributed by atoms with Crippen molar-refractivity contribution < 1.29 is 24.5 Å². The van der Waals surface area contributed by atoms with Crippen molar-refractivity contribution in [3.63, 3.8) is 0 Å². The molecule has 0 aromatic heterocycles. The van der Waals surface area contributed by atoms with Gasteiger partial charge < -0.3 is 19.8 Å². The van der Waals surface area contributed by atoms with Crippen LogP contribution in [0.3, 0.4) is 0 Å². The van der Waals surface area contributed by atoms with Crippen LogP contribution in [0.5, 0.6) is 5.75 Å². The summed E-state index contributed by atoms with van der Waals surface area (Å²) < 4.78 is 5.03. The number of amides is 1. The Balaban J connectivity index is 2.58. The van der Waals surface area contributed by atoms with Crippen LogP contribution in [0.2, 0.25) is 5.02 Å². The predicted octanol–water partition coefficient (Wildman–Crippen LogP) is 3.00. The highest BCUT2D eigenvalue weighted by molar-refractivity contribution is 6.32. The molecule has 6 nitrogen and oxygen atoms in total. The van der Waals surface area contributed by atoms with Crippen molar-refractivity contribution in [2.45, 2.75) is 26.8 Å². The Labute approximate surface area is 151 Å². The van der Waals surface area contributed by atoms with Crippen LogP contribution in [0.4, 0.5) is 0 Å². The van der Waals surface area contributed by atoms with Crippen LogP contribution in [0.15, 0.2) is 29.5 Å². The van der Waals surface area contributed by atoms with Crippen LogP contribution in [0, 0.1) is 5.41 Å². The van der Waals surface area contributed by atoms with Gasteiger partial charge in [-0.3, -0.25) is 9.59 Å². The number of hydrogen-bond donors (Lipinski definition) is 2. The number of ketones is 1. The average molecular weight is 368 g/mol. The van der Waals surface area contributed by atoms with Crippen LogP contribution in [0.25, 0.3) is 0 Å². The van der Waals surface area contributed by atoms with Gasteiger partial charge in [-0.05, 0) is 17.7 Å². The number of benzene rings is 1. The molecule has 1 aliphatic rings. The Morgan fingerprint density at radius 2 is 1.96 bits per heavy atom. The number of nitrogens with zero attached hydrogens (tertiary/aromatic N) is 1. The van der Waals surface area contributed by atoms with E-state index in [4.69, 9.17) is 16.3 Å². The molecule has 1 heterocycles. The fraction of sp³-hybridized carbons (Fsp3) is 0.444. The van der Waals surface area contributed by atoms with Crippen molar-refractivity contribution in [2.24, 2.45) is 5.41 Å². The molecule has 0 saturated carbocycles. The number of aliphatic hydroxyl groups excluding tert-OH is 1. The maximum atomic E-state index is 12.9. The van der Waals surface area contributed by atoms with Gasteiger partial charge in [0.25, 0.3) is 5.91 Å². The molecule has 0 fully saturated rings. The SMILES string of the molecule is COCCN1C(=O)C(O)=C(C(=O)C(C)(C)C)C1c1ccc(O)c(Cl)c1. The fourth-order valence-electron chi connectivity index (χ4n) is 2.75. The van der Waals surface area contributed by atoms with Gasteiger partial charge in [-0.25, -0.2) is 0 Å². The molecule has 0 saturated heterocycles. The summed E-state index contributed by atoms with van der Waals surface area (Å²) in [4.78, 5) is 26.8. The number of carbonyl (C=O) groups excluding carboxylic acids is 2. The number of phenolic OH excluding ortho intramolecular Hbond substituents is 1. The molecule has 0 radical (unpaired) electrons. The minimum absolute atomic E-state index is 0.0374. The maximum Gasteiger partial charge on any atom is 0.290 e. The van der Waals surface area contributed by atoms with Crippen molar-refractivity contribution in [1.82, 2.24) is 4.90 Å². The molecule has 136 valence electrons. The Morgan fingerprint density at radius 3 is 2.48 bits per heavy atom. The maximum absolute atomic E-state index is 12.9. The van der Waals surface area contributed by atoms with Gasteiger partial charge in [0.2, 0.25) is 0 Å². The quantitative estimate of drug-likeness (QED) is 0.835. The monoisotopic (exact) mass is 367 g/mol. The first-order chi connectivity index (χ1) is 11.6. The number of methoxy groups -OCH3 is 1. The summed E-state index contributed by atoms with van der Waals surface area (Å²) in [5.74, 6) is -1.60. The van der Waals surface area contributed by atoms with Gasteiger partial charge in [-0.2, -0.15) is 0 Å². The zero-order chi connectivity index (χ0) is 18.9. The van der Waals surface area contributed by atoms with E-state index in [-0.39, 0.29) is 35.3 Å². The third kappa shape index (κ3) is 3.65. The molecule has 25 heavy (non-hydrogen) atoms. The predicted molar refractivity (Wildman–Crippen MR) is 93.6 cm³/mol. The number of rotatable bonds is 5. The lowest BCUT2D eigenvalue weighted by Crippen LogP contribution is -2.35. The molecule has 0 spiro atoms. The molecule has 2 rings (SSSR count). The fourth-order valence-corrected chi connectivity index (χ4v) is 2.94. The lowest BCUT2D eigenvalue weighted by atomic mass is 9.82. The number of ether oxygens (including phenoxy) is 1. The molecule has 1 atom stereocenters. The van der Waals surface area contributed by atoms with Gasteiger partial charge in [0.15, 0.2) is 11.5 Å². The summed E-state index contributed by atoms with van der Waals surface area (Å²) >= 11 is 5.99. The van der Waals surface area contributed by atoms with Crippen molar-refractivity contribution >= 4 is 23.3 Å². The summed E-state index contributed by atoms with van der Waals surface area (Å²) in [6, 6.07) is 3.68. The van der Waals surface area contributed by atoms with Crippen molar-refractivity contribution in [3.8, 4) is 5.75 Å². The highest BCUT2D eigenvalue weighted by Crippen LogP contribution is 2.42. The topological polar surface area (TPSA) is 87.1 Å². The van der Waals surface area contributed by atoms with E-state index in [2.05, 4.69) is 0 Å². The van der Waals surface area contributed by atoms with Gasteiger partial charge in [0, 0.05) is 19.1 Å². The summed E-state index contributed by atoms with van der Waals surface area (Å²) in [7, 11) is 1.50. The second-order valence-electron chi connectivity index (χ2n) is 6.95. The molecule has 0 aliphatic carbocycles. The van der Waals surface area contributed by atoms with Crippen LogP contribution >= 0.6 is 11.6 Å². The lowest BCUT2D eigenvalue weighted by Gasteiger charge is -2.28. The van der Waals surface area contributed by atoms with Crippen molar-refractivity contribution in [2.75, 3.05) is 20.3 Å². The second-order valence-corrected chi connectivity index (χ2v) is 7.35. The van der Waals surface area contributed by atoms with Gasteiger partial charge >= 0.3 is 0 Å². The van der Waals surface area contributed by atoms with E-state index in [1.54, 1.807) is 26.8 Å². The molecule has 0 bridgehead atoms. The molecule has 1 aromatic carbocycles. The normalized spacial score (nSPS) is 18.2. The van der Waals surface area contributed by atoms with Crippen LogP contribution in [0.1, 0.15) is 32.4 Å². The van der Waals surface area contributed by atoms with E-state index in [1.807, 2.05) is 0 Å². The molecule has 1 amide bonds. The molecular weight excluding hydrogens is 346 g/mol. The number of carbonyl (C=O) groups is 2. The zero-order valence-electron chi connectivity index (χ0n) is 14.7. The number of halogens is 1. The second kappa shape index (κ2) is 7.06. The van der Waals surface area contributed by atoms with Gasteiger partial charge in [-0.1, -0.05) is 38.4 Å². The largest absolute Gasteiger partial charge is 0.506 e. The van der Waals surface area contributed by atoms with E-state index in [1.165, 1.54) is 24.1 Å². The van der Waals surface area contributed by atoms with Crippen molar-refractivity contribution in [1.29, 1.82) is 0 Å². The first-order valence-corrected chi connectivity index (χ1v) is 8.23. The Hall–Kier alpha value is -2.05. The van der Waals surface area contributed by atoms with Gasteiger partial charge in [-0.15, -0.1) is 0 Å². The Morgan fingerprint density at radius 1 is 1.32 bits per heavy atom. The van der Waals surface area contributed by atoms with E-state index in [0.717, 1.165) is 0 Å². The minimum Gasteiger partial charge on any atom is -0.506 e. The number of aliphatic hydroxyl groups is 1. The van der Waals surface area contributed by atoms with E-state index >= 15 is 0 Å². The van der Waals surface area contributed by atoms with E-state index in [0.29, 0.717) is 5.56 Å². The summed E-state index contributed by atoms with van der Waals surface area (Å²) in [6.45, 7) is 5.61. The number of aromatic hydroxyl groups is 1. The van der Waals surface area contributed by atoms with Crippen LogP contribution in [-0.4, -0.2) is 47.1 Å². The Kier molecular flexibility index (Phi) is 5.44. The molecule has 2 N–H and O–H groups in total. The zero-order valence-corrected chi connectivity index (χ0v) is 15.4. The van der Waals surface area contributed by atoms with Gasteiger partial charge in [0.1, 0.15) is 5.75 Å². The van der Waals surface area contributed by atoms with Crippen molar-refractivity contribution in [3.05, 3.63) is 40.1 Å². The van der Waals surface area contributed by atoms with Crippen LogP contribution < -0.4 is 0 Å². The average Bonchev–Trinajstić information content (AvgIpc) is 2.78. The number of Topliss-reactive ketones (excluding diaryl/α,β-unsaturated/α-hetero) is 1. The number of phenols is 1. The Bertz CT molecular complexity index is 735. The molecule has 1 aromatic rings. The summed E-state index contributed by atoms with van der Waals surface area (Å²) in [5.41, 5.74) is -0.209. The number of hydrogen-bond acceptors (Lipinski definition) is 5. The third-order valence-electron chi connectivity index (χ3n) is 4.05. The summed E-state index contributed by atoms with van der Waals surface area (Å²) in [6.07, 6.45) is 0. The molecular formula is C18H22ClNO5. The van der Waals surface area contributed by atoms with E-state index in [9.17, 15) is 19.8 Å². The first-order valence-electron chi connectivity index (χ1n) is 7.85. The highest BCUT2D eigenvalue weighted by Gasteiger charge is 2.45. The lowest BCUT2D eigenvalue weighted by molar-refractivity contribution is -0.130.